The van der Waals surface area contributed by atoms with Gasteiger partial charge in [0.15, 0.2) is 0 Å². The third kappa shape index (κ3) is 4.40. The summed E-state index contributed by atoms with van der Waals surface area (Å²) in [5.41, 5.74) is 12.6. The largest absolute Gasteiger partial charge is 0.496 e. The summed E-state index contributed by atoms with van der Waals surface area (Å²) in [6.07, 6.45) is 1.59. The van der Waals surface area contributed by atoms with Crippen LogP contribution in [-0.4, -0.2) is 18.0 Å². The van der Waals surface area contributed by atoms with Gasteiger partial charge in [0, 0.05) is 24.0 Å². The van der Waals surface area contributed by atoms with Crippen molar-refractivity contribution in [3.63, 3.8) is 0 Å². The zero-order chi connectivity index (χ0) is 24.2. The van der Waals surface area contributed by atoms with Crippen molar-refractivity contribution in [1.82, 2.24) is 4.98 Å². The van der Waals surface area contributed by atoms with Gasteiger partial charge in [-0.3, -0.25) is 9.78 Å². The molecule has 0 spiro atoms. The smallest absolute Gasteiger partial charge is 0.274 e. The van der Waals surface area contributed by atoms with Crippen molar-refractivity contribution < 1.29 is 13.9 Å². The van der Waals surface area contributed by atoms with Crippen molar-refractivity contribution in [2.45, 2.75) is 20.4 Å². The van der Waals surface area contributed by atoms with Crippen molar-refractivity contribution in [2.24, 2.45) is 5.73 Å². The fourth-order valence-corrected chi connectivity index (χ4v) is 4.13. The second-order valence-corrected chi connectivity index (χ2v) is 7.97. The molecule has 1 aromatic heterocycles. The molecule has 3 N–H and O–H groups in total. The first-order valence-corrected chi connectivity index (χ1v) is 10.9. The van der Waals surface area contributed by atoms with E-state index in [-0.39, 0.29) is 12.5 Å². The van der Waals surface area contributed by atoms with E-state index < -0.39 is 5.82 Å². The summed E-state index contributed by atoms with van der Waals surface area (Å²) in [4.78, 5) is 16.8. The van der Waals surface area contributed by atoms with Gasteiger partial charge >= 0.3 is 0 Å². The number of pyridine rings is 1. The minimum absolute atomic E-state index is 0.0600. The molecule has 0 aliphatic rings. The molecule has 172 valence electrons. The van der Waals surface area contributed by atoms with Gasteiger partial charge in [-0.1, -0.05) is 36.4 Å². The number of nitrogens with one attached hydrogen (secondary N) is 1. The van der Waals surface area contributed by atoms with Crippen molar-refractivity contribution in [3.05, 3.63) is 101 Å². The number of hydrogen-bond donors (Lipinski definition) is 2. The van der Waals surface area contributed by atoms with Crippen LogP contribution >= 0.6 is 0 Å². The molecule has 0 fully saturated rings. The van der Waals surface area contributed by atoms with Crippen LogP contribution < -0.4 is 15.8 Å². The maximum absolute atomic E-state index is 14.7. The van der Waals surface area contributed by atoms with E-state index in [4.69, 9.17) is 10.5 Å². The highest BCUT2D eigenvalue weighted by atomic mass is 19.1. The molecule has 0 aliphatic heterocycles. The zero-order valence-corrected chi connectivity index (χ0v) is 19.4. The van der Waals surface area contributed by atoms with Crippen LogP contribution in [0.3, 0.4) is 0 Å². The standard InChI is InChI=1S/C28H26FN3O2/c1-17-20(19-14-24(29)23(16-30)27(15-19)34-3)8-6-9-21(17)22-10-7-12-25(18(22)2)32-28(33)26-11-4-5-13-31-26/h4-15H,16,30H2,1-3H3,(H,32,33). The van der Waals surface area contributed by atoms with E-state index in [0.29, 0.717) is 28.3 Å². The van der Waals surface area contributed by atoms with Crippen molar-refractivity contribution in [2.75, 3.05) is 12.4 Å². The third-order valence-corrected chi connectivity index (χ3v) is 5.99. The van der Waals surface area contributed by atoms with Crippen molar-refractivity contribution in [3.8, 4) is 28.0 Å². The highest BCUT2D eigenvalue weighted by Gasteiger charge is 2.16. The van der Waals surface area contributed by atoms with Crippen LogP contribution in [0.2, 0.25) is 0 Å². The SMILES string of the molecule is COc1cc(-c2cccc(-c3cccc(NC(=O)c4ccccn4)c3C)c2C)cc(F)c1CN. The summed E-state index contributed by atoms with van der Waals surface area (Å²) in [7, 11) is 1.51. The first-order valence-electron chi connectivity index (χ1n) is 10.9. The number of amides is 1. The minimum atomic E-state index is -0.392. The number of ether oxygens (including phenoxy) is 1. The molecule has 3 aromatic carbocycles. The van der Waals surface area contributed by atoms with E-state index in [0.717, 1.165) is 27.8 Å². The topological polar surface area (TPSA) is 77.2 Å². The van der Waals surface area contributed by atoms with Gasteiger partial charge in [-0.15, -0.1) is 0 Å². The molecule has 1 amide bonds. The summed E-state index contributed by atoms with van der Waals surface area (Å²) < 4.78 is 20.1. The molecule has 0 aliphatic carbocycles. The quantitative estimate of drug-likeness (QED) is 0.380. The monoisotopic (exact) mass is 455 g/mol. The molecule has 4 aromatic rings. The van der Waals surface area contributed by atoms with E-state index in [2.05, 4.69) is 10.3 Å². The molecule has 0 saturated carbocycles. The number of carbonyl (C=O) groups is 1. The Morgan fingerprint density at radius 1 is 0.971 bits per heavy atom. The van der Waals surface area contributed by atoms with Crippen LogP contribution in [-0.2, 0) is 6.54 Å². The number of hydrogen-bond acceptors (Lipinski definition) is 4. The molecule has 4 rings (SSSR count). The number of nitrogens with two attached hydrogens (primary N) is 1. The first kappa shape index (κ1) is 23.1. The average Bonchev–Trinajstić information content (AvgIpc) is 2.85. The predicted molar refractivity (Wildman–Crippen MR) is 133 cm³/mol. The highest BCUT2D eigenvalue weighted by Crippen LogP contribution is 2.37. The van der Waals surface area contributed by atoms with Crippen molar-refractivity contribution in [1.29, 1.82) is 0 Å². The molecule has 0 bridgehead atoms. The Labute approximate surface area is 198 Å². The number of methoxy groups -OCH3 is 1. The maximum atomic E-state index is 14.7. The fourth-order valence-electron chi connectivity index (χ4n) is 4.13. The van der Waals surface area contributed by atoms with E-state index in [9.17, 15) is 9.18 Å². The number of carbonyl (C=O) groups excluding carboxylic acids is 1. The van der Waals surface area contributed by atoms with Gasteiger partial charge in [-0.25, -0.2) is 4.39 Å². The summed E-state index contributed by atoms with van der Waals surface area (Å²) in [6.45, 7) is 4.03. The van der Waals surface area contributed by atoms with E-state index in [1.807, 2.05) is 56.3 Å². The number of anilines is 1. The number of aromatic nitrogens is 1. The van der Waals surface area contributed by atoms with Gasteiger partial charge < -0.3 is 15.8 Å². The minimum Gasteiger partial charge on any atom is -0.496 e. The van der Waals surface area contributed by atoms with Crippen molar-refractivity contribution >= 4 is 11.6 Å². The normalized spacial score (nSPS) is 10.7. The summed E-state index contributed by atoms with van der Waals surface area (Å²) in [5, 5.41) is 2.96. The first-order chi connectivity index (χ1) is 16.4. The summed E-state index contributed by atoms with van der Waals surface area (Å²) in [6, 6.07) is 20.2. The summed E-state index contributed by atoms with van der Waals surface area (Å²) in [5.74, 6) is -0.233. The lowest BCUT2D eigenvalue weighted by molar-refractivity contribution is 0.102. The molecule has 1 heterocycles. The van der Waals surface area contributed by atoms with Crippen LogP contribution in [0.5, 0.6) is 5.75 Å². The van der Waals surface area contributed by atoms with Gasteiger partial charge in [-0.05, 0) is 77.6 Å². The Balaban J connectivity index is 1.75. The molecule has 0 unspecified atom stereocenters. The maximum Gasteiger partial charge on any atom is 0.274 e. The molecule has 6 heteroatoms. The average molecular weight is 456 g/mol. The lowest BCUT2D eigenvalue weighted by Gasteiger charge is -2.17. The summed E-state index contributed by atoms with van der Waals surface area (Å²) >= 11 is 0. The van der Waals surface area contributed by atoms with Gasteiger partial charge in [0.25, 0.3) is 5.91 Å². The number of nitrogens with zero attached hydrogens (tertiary/aromatic N) is 1. The van der Waals surface area contributed by atoms with Crippen LogP contribution in [0.15, 0.2) is 72.9 Å². The molecular weight excluding hydrogens is 429 g/mol. The van der Waals surface area contributed by atoms with Gasteiger partial charge in [0.2, 0.25) is 0 Å². The Bertz CT molecular complexity index is 1350. The lowest BCUT2D eigenvalue weighted by atomic mass is 9.90. The number of benzene rings is 3. The Kier molecular flexibility index (Phi) is 6.70. The van der Waals surface area contributed by atoms with Crippen LogP contribution in [0.1, 0.15) is 27.2 Å². The molecule has 5 nitrogen and oxygen atoms in total. The van der Waals surface area contributed by atoms with Gasteiger partial charge in [0.1, 0.15) is 17.3 Å². The van der Waals surface area contributed by atoms with Gasteiger partial charge in [0.05, 0.1) is 7.11 Å². The van der Waals surface area contributed by atoms with Gasteiger partial charge in [-0.2, -0.15) is 0 Å². The predicted octanol–water partition coefficient (Wildman–Crippen LogP) is 5.89. The Morgan fingerprint density at radius 3 is 2.35 bits per heavy atom. The third-order valence-electron chi connectivity index (χ3n) is 5.99. The second kappa shape index (κ2) is 9.85. The second-order valence-electron chi connectivity index (χ2n) is 7.97. The van der Waals surface area contributed by atoms with Crippen LogP contribution in [0.4, 0.5) is 10.1 Å². The molecule has 0 radical (unpaired) electrons. The molecular formula is C28H26FN3O2. The fraction of sp³-hybridized carbons (Fsp3) is 0.143. The molecule has 0 saturated heterocycles. The van der Waals surface area contributed by atoms with Crippen LogP contribution in [0, 0.1) is 19.7 Å². The van der Waals surface area contributed by atoms with Crippen LogP contribution in [0.25, 0.3) is 22.3 Å². The number of halogens is 1. The lowest BCUT2D eigenvalue weighted by Crippen LogP contribution is -2.14. The highest BCUT2D eigenvalue weighted by molar-refractivity contribution is 6.03. The Morgan fingerprint density at radius 2 is 1.68 bits per heavy atom. The van der Waals surface area contributed by atoms with E-state index in [1.165, 1.54) is 13.2 Å². The zero-order valence-electron chi connectivity index (χ0n) is 19.4. The number of rotatable bonds is 6. The Hall–Kier alpha value is -4.03. The van der Waals surface area contributed by atoms with E-state index >= 15 is 0 Å². The van der Waals surface area contributed by atoms with E-state index in [1.54, 1.807) is 24.4 Å². The molecule has 0 atom stereocenters. The molecule has 34 heavy (non-hydrogen) atoms.